The molecule has 0 bridgehead atoms. The molecule has 7 nitrogen and oxygen atoms in total. The Kier molecular flexibility index (Phi) is 9.75. The van der Waals surface area contributed by atoms with Crippen LogP contribution in [-0.4, -0.2) is 34.8 Å². The zero-order valence-corrected chi connectivity index (χ0v) is 35.5. The Balaban J connectivity index is 1.15. The van der Waals surface area contributed by atoms with Crippen molar-refractivity contribution in [2.45, 2.75) is 151 Å². The Labute approximate surface area is 333 Å². The van der Waals surface area contributed by atoms with E-state index in [1.807, 2.05) is 24.3 Å². The minimum atomic E-state index is -1.17. The molecule has 6 aliphatic rings. The minimum Gasteiger partial charge on any atom is -0.481 e. The topological polar surface area (TPSA) is 110 Å². The first-order valence-electron chi connectivity index (χ1n) is 21.0. The predicted octanol–water partition coefficient (Wildman–Crippen LogP) is 10.4. The first kappa shape index (κ1) is 40.3. The van der Waals surface area contributed by atoms with Gasteiger partial charge in [0.25, 0.3) is 0 Å². The molecule has 1 aromatic rings. The number of carboxylic acid groups (broad SMARTS) is 1. The molecule has 0 radical (unpaired) electrons. The lowest BCUT2D eigenvalue weighted by atomic mass is 9.33. The van der Waals surface area contributed by atoms with Crippen LogP contribution in [0.1, 0.15) is 145 Å². The van der Waals surface area contributed by atoms with Crippen molar-refractivity contribution in [2.24, 2.45) is 56.2 Å². The van der Waals surface area contributed by atoms with Crippen LogP contribution >= 0.6 is 11.6 Å². The van der Waals surface area contributed by atoms with Crippen LogP contribution in [-0.2, 0) is 29.5 Å². The van der Waals surface area contributed by atoms with Crippen molar-refractivity contribution in [2.75, 3.05) is 0 Å². The second-order valence-corrected chi connectivity index (χ2v) is 21.3. The molecule has 0 aromatic heterocycles. The van der Waals surface area contributed by atoms with E-state index in [1.54, 1.807) is 19.9 Å². The van der Waals surface area contributed by atoms with Crippen LogP contribution in [0, 0.1) is 56.2 Å². The van der Waals surface area contributed by atoms with E-state index in [1.165, 1.54) is 5.57 Å². The molecule has 5 fully saturated rings. The number of carboxylic acids is 1. The third kappa shape index (κ3) is 6.18. The maximum atomic E-state index is 14.1. The number of benzene rings is 1. The fourth-order valence-electron chi connectivity index (χ4n) is 13.6. The van der Waals surface area contributed by atoms with Gasteiger partial charge in [-0.15, -0.1) is 0 Å². The molecule has 300 valence electrons. The molecule has 5 saturated carbocycles. The van der Waals surface area contributed by atoms with Crippen LogP contribution in [0.2, 0.25) is 5.02 Å². The molecule has 7 rings (SSSR count). The summed E-state index contributed by atoms with van der Waals surface area (Å²) in [6.07, 6.45) is 13.5. The van der Waals surface area contributed by atoms with E-state index < -0.39 is 28.3 Å². The number of aliphatic carboxylic acids is 1. The van der Waals surface area contributed by atoms with Crippen LogP contribution in [0.4, 0.5) is 0 Å². The Hall–Kier alpha value is -2.93. The van der Waals surface area contributed by atoms with E-state index in [0.29, 0.717) is 23.3 Å². The van der Waals surface area contributed by atoms with Crippen molar-refractivity contribution >= 4 is 35.2 Å². The molecule has 55 heavy (non-hydrogen) atoms. The smallest absolute Gasteiger partial charge is 0.309 e. The van der Waals surface area contributed by atoms with Gasteiger partial charge < -0.3 is 15.2 Å². The summed E-state index contributed by atoms with van der Waals surface area (Å²) in [5.74, 6) is -0.0718. The number of carbonyl (C=O) groups is 4. The number of hydrogen-bond acceptors (Lipinski definition) is 5. The third-order valence-electron chi connectivity index (χ3n) is 16.9. The normalized spacial score (nSPS) is 37.5. The van der Waals surface area contributed by atoms with Crippen LogP contribution in [0.15, 0.2) is 47.6 Å². The van der Waals surface area contributed by atoms with Gasteiger partial charge in [0.2, 0.25) is 5.91 Å². The number of ketones is 1. The number of fused-ring (bicyclic) bond motifs is 7. The number of ether oxygens (including phenoxy) is 1. The summed E-state index contributed by atoms with van der Waals surface area (Å²) < 4.78 is 6.17. The van der Waals surface area contributed by atoms with E-state index in [4.69, 9.17) is 16.3 Å². The summed E-state index contributed by atoms with van der Waals surface area (Å²) in [5.41, 5.74) is 1.10. The lowest BCUT2D eigenvalue weighted by molar-refractivity contribution is -0.232. The molecule has 8 unspecified atom stereocenters. The van der Waals surface area contributed by atoms with Crippen molar-refractivity contribution in [3.05, 3.63) is 58.1 Å². The van der Waals surface area contributed by atoms with Gasteiger partial charge in [-0.05, 0) is 147 Å². The number of amides is 1. The highest BCUT2D eigenvalue weighted by Crippen LogP contribution is 2.77. The summed E-state index contributed by atoms with van der Waals surface area (Å²) in [5, 5.41) is 13.6. The summed E-state index contributed by atoms with van der Waals surface area (Å²) in [6, 6.07) is 7.76. The molecule has 1 aromatic carbocycles. The molecule has 0 saturated heterocycles. The van der Waals surface area contributed by atoms with Crippen molar-refractivity contribution < 1.29 is 29.0 Å². The number of hydrogen-bond donors (Lipinski definition) is 2. The van der Waals surface area contributed by atoms with Gasteiger partial charge in [-0.1, -0.05) is 84.3 Å². The lowest BCUT2D eigenvalue weighted by Gasteiger charge is -2.72. The number of esters is 1. The molecule has 8 atom stereocenters. The number of carbonyl (C=O) groups excluding carboxylic acids is 3. The molecule has 8 heteroatoms. The Bertz CT molecular complexity index is 1850. The molecular formula is C47H64ClNO6. The van der Waals surface area contributed by atoms with Crippen molar-refractivity contribution in [3.63, 3.8) is 0 Å². The Morgan fingerprint density at radius 3 is 2.25 bits per heavy atom. The quantitative estimate of drug-likeness (QED) is 0.191. The van der Waals surface area contributed by atoms with E-state index in [9.17, 15) is 24.3 Å². The van der Waals surface area contributed by atoms with Gasteiger partial charge in [0.1, 0.15) is 6.10 Å². The monoisotopic (exact) mass is 773 g/mol. The maximum absolute atomic E-state index is 14.1. The number of halogens is 1. The van der Waals surface area contributed by atoms with E-state index in [2.05, 4.69) is 59.9 Å². The second-order valence-electron chi connectivity index (χ2n) is 20.9. The number of Topliss-reactive ketones (excluding diaryl/α,β-unsaturated/α-hetero) is 1. The summed E-state index contributed by atoms with van der Waals surface area (Å²) >= 11 is 6.57. The summed E-state index contributed by atoms with van der Waals surface area (Å²) in [6.45, 7) is 19.6. The Morgan fingerprint density at radius 1 is 0.927 bits per heavy atom. The maximum Gasteiger partial charge on any atom is 0.309 e. The van der Waals surface area contributed by atoms with Crippen molar-refractivity contribution in [1.82, 2.24) is 5.32 Å². The van der Waals surface area contributed by atoms with Crippen LogP contribution < -0.4 is 5.32 Å². The highest BCUT2D eigenvalue weighted by atomic mass is 35.5. The van der Waals surface area contributed by atoms with Crippen molar-refractivity contribution in [1.29, 1.82) is 0 Å². The van der Waals surface area contributed by atoms with Gasteiger partial charge in [-0.25, -0.2) is 0 Å². The van der Waals surface area contributed by atoms with Crippen molar-refractivity contribution in [3.8, 4) is 0 Å². The van der Waals surface area contributed by atoms with Gasteiger partial charge in [-0.3, -0.25) is 19.2 Å². The van der Waals surface area contributed by atoms with E-state index >= 15 is 0 Å². The molecule has 0 aliphatic heterocycles. The average Bonchev–Trinajstić information content (AvgIpc) is 3.79. The molecule has 6 aliphatic carbocycles. The second kappa shape index (κ2) is 13.3. The lowest BCUT2D eigenvalue weighted by Crippen LogP contribution is -2.65. The summed E-state index contributed by atoms with van der Waals surface area (Å²) in [4.78, 5) is 52.7. The third-order valence-corrected chi connectivity index (χ3v) is 17.2. The number of rotatable bonds is 9. The van der Waals surface area contributed by atoms with Gasteiger partial charge in [0.05, 0.1) is 17.4 Å². The minimum absolute atomic E-state index is 0.0123. The standard InChI is InChI=1S/C47H64ClNO6/c1-28(2)38-32(50)26-46(21-18-36(51)49-47(24-25-47)29-12-10-11-13-31(29)48)23-22-44(8)30(39(38)46)14-15-34-43(7)19-17-35(55-37(52)27-41(3,4)40(53)54)42(5,6)33(43)16-20-45(34,44)9/h10-13,18,21,28,30,33-35H,14-17,19-20,22-27H2,1-9H3,(H,49,51)(H,53,54). The SMILES string of the molecule is CC(C)C1=C2C3CCC4C5(C)CCC(OC(=O)CC(C)(C)C(=O)O)C(C)(C)C5CCC4(C)C3(C)CCC2(C=CC(=O)NC2(c3ccccc3Cl)CC2)CC1=O. The summed E-state index contributed by atoms with van der Waals surface area (Å²) in [7, 11) is 0. The first-order valence-corrected chi connectivity index (χ1v) is 21.4. The predicted molar refractivity (Wildman–Crippen MR) is 215 cm³/mol. The Morgan fingerprint density at radius 2 is 1.62 bits per heavy atom. The highest BCUT2D eigenvalue weighted by molar-refractivity contribution is 6.31. The molecule has 1 amide bonds. The fraction of sp³-hybridized carbons (Fsp3) is 0.702. The van der Waals surface area contributed by atoms with Gasteiger partial charge in [0.15, 0.2) is 5.78 Å². The molecule has 0 spiro atoms. The van der Waals surface area contributed by atoms with Gasteiger partial charge in [-0.2, -0.15) is 0 Å². The highest BCUT2D eigenvalue weighted by Gasteiger charge is 2.70. The van der Waals surface area contributed by atoms with Crippen LogP contribution in [0.25, 0.3) is 0 Å². The zero-order valence-electron chi connectivity index (χ0n) is 34.7. The van der Waals surface area contributed by atoms with E-state index in [0.717, 1.165) is 75.3 Å². The molecule has 0 heterocycles. The molecule has 2 N–H and O–H groups in total. The first-order chi connectivity index (χ1) is 25.6. The van der Waals surface area contributed by atoms with Gasteiger partial charge in [0, 0.05) is 22.3 Å². The van der Waals surface area contributed by atoms with Gasteiger partial charge >= 0.3 is 11.9 Å². The number of nitrogens with one attached hydrogen (secondary N) is 1. The number of allylic oxidation sites excluding steroid dienone is 3. The molecular weight excluding hydrogens is 710 g/mol. The largest absolute Gasteiger partial charge is 0.481 e. The van der Waals surface area contributed by atoms with Crippen LogP contribution in [0.3, 0.4) is 0 Å². The average molecular weight is 774 g/mol. The fourth-order valence-corrected chi connectivity index (χ4v) is 13.9. The zero-order chi connectivity index (χ0) is 40.1. The van der Waals surface area contributed by atoms with Crippen LogP contribution in [0.5, 0.6) is 0 Å². The van der Waals surface area contributed by atoms with E-state index in [-0.39, 0.29) is 57.7 Å².